The summed E-state index contributed by atoms with van der Waals surface area (Å²) in [5, 5.41) is 0.412. The molecule has 0 aliphatic carbocycles. The fraction of sp³-hybridized carbons (Fsp3) is 0.136. The first-order valence-corrected chi connectivity index (χ1v) is 11.1. The van der Waals surface area contributed by atoms with Crippen LogP contribution in [0, 0.1) is 6.92 Å². The Bertz CT molecular complexity index is 1350. The standard InChI is InChI=1S/C22H18ClN3O3S/c1-15-2-6-19(12-20(15)23)30(28,29)18-7-3-16(4-8-18)5-9-21(27)17-13-25-22-24-10-11-26(22)14-17/h2-4,6-8,10-14H,5,9H2,1H3. The number of hydrogen-bond acceptors (Lipinski definition) is 5. The molecule has 0 bridgehead atoms. The summed E-state index contributed by atoms with van der Waals surface area (Å²) >= 11 is 6.07. The second kappa shape index (κ2) is 8.01. The van der Waals surface area contributed by atoms with E-state index in [1.165, 1.54) is 12.3 Å². The SMILES string of the molecule is Cc1ccc(S(=O)(=O)c2ccc(CCC(=O)c3cnc4nccn4c3)cc2)cc1Cl. The van der Waals surface area contributed by atoms with Crippen molar-refractivity contribution in [3.05, 3.63) is 89.0 Å². The Hall–Kier alpha value is -3.03. The van der Waals surface area contributed by atoms with Gasteiger partial charge in [0, 0.05) is 36.2 Å². The molecule has 8 heteroatoms. The van der Waals surface area contributed by atoms with Gasteiger partial charge in [-0.05, 0) is 48.7 Å². The Morgan fingerprint density at radius 2 is 1.80 bits per heavy atom. The Balaban J connectivity index is 1.46. The van der Waals surface area contributed by atoms with E-state index in [0.717, 1.165) is 11.1 Å². The summed E-state index contributed by atoms with van der Waals surface area (Å²) < 4.78 is 27.3. The van der Waals surface area contributed by atoms with Crippen LogP contribution in [-0.4, -0.2) is 28.6 Å². The van der Waals surface area contributed by atoms with Crippen molar-refractivity contribution in [2.75, 3.05) is 0 Å². The van der Waals surface area contributed by atoms with Crippen LogP contribution in [0.2, 0.25) is 5.02 Å². The fourth-order valence-corrected chi connectivity index (χ4v) is 4.61. The molecule has 2 aromatic carbocycles. The lowest BCUT2D eigenvalue weighted by Gasteiger charge is -2.08. The monoisotopic (exact) mass is 439 g/mol. The van der Waals surface area contributed by atoms with Gasteiger partial charge in [0.25, 0.3) is 0 Å². The summed E-state index contributed by atoms with van der Waals surface area (Å²) in [6.07, 6.45) is 7.38. The molecule has 0 N–H and O–H groups in total. The maximum Gasteiger partial charge on any atom is 0.233 e. The topological polar surface area (TPSA) is 81.4 Å². The van der Waals surface area contributed by atoms with E-state index in [2.05, 4.69) is 9.97 Å². The van der Waals surface area contributed by atoms with Crippen molar-refractivity contribution in [1.29, 1.82) is 0 Å². The summed E-state index contributed by atoms with van der Waals surface area (Å²) in [5.41, 5.74) is 2.20. The van der Waals surface area contributed by atoms with Gasteiger partial charge in [0.05, 0.1) is 15.4 Å². The highest BCUT2D eigenvalue weighted by Crippen LogP contribution is 2.26. The number of carbonyl (C=O) groups excluding carboxylic acids is 1. The molecule has 0 atom stereocenters. The minimum atomic E-state index is -3.65. The molecule has 0 aliphatic rings. The van der Waals surface area contributed by atoms with Crippen molar-refractivity contribution >= 4 is 33.0 Å². The second-order valence-electron chi connectivity index (χ2n) is 6.96. The molecule has 152 valence electrons. The number of halogens is 1. The lowest BCUT2D eigenvalue weighted by Crippen LogP contribution is -2.05. The van der Waals surface area contributed by atoms with Crippen LogP contribution in [0.15, 0.2) is 77.0 Å². The predicted octanol–water partition coefficient (Wildman–Crippen LogP) is 4.34. The smallest absolute Gasteiger partial charge is 0.233 e. The van der Waals surface area contributed by atoms with Crippen molar-refractivity contribution in [3.63, 3.8) is 0 Å². The Morgan fingerprint density at radius 3 is 2.53 bits per heavy atom. The lowest BCUT2D eigenvalue weighted by molar-refractivity contribution is 0.0982. The van der Waals surface area contributed by atoms with E-state index in [1.54, 1.807) is 59.4 Å². The third-order valence-corrected chi connectivity index (χ3v) is 7.07. The number of aromatic nitrogens is 3. The fourth-order valence-electron chi connectivity index (χ4n) is 3.07. The Morgan fingerprint density at radius 1 is 1.07 bits per heavy atom. The Kier molecular flexibility index (Phi) is 5.40. The van der Waals surface area contributed by atoms with Gasteiger partial charge in [-0.3, -0.25) is 9.20 Å². The maximum atomic E-state index is 12.8. The Labute approximate surface area is 179 Å². The first-order valence-electron chi connectivity index (χ1n) is 9.27. The van der Waals surface area contributed by atoms with Gasteiger partial charge in [-0.1, -0.05) is 29.8 Å². The van der Waals surface area contributed by atoms with E-state index in [-0.39, 0.29) is 15.6 Å². The quantitative estimate of drug-likeness (QED) is 0.417. The van der Waals surface area contributed by atoms with Crippen molar-refractivity contribution in [1.82, 2.24) is 14.4 Å². The molecule has 0 saturated heterocycles. The van der Waals surface area contributed by atoms with Crippen LogP contribution >= 0.6 is 11.6 Å². The molecule has 4 aromatic rings. The molecule has 30 heavy (non-hydrogen) atoms. The summed E-state index contributed by atoms with van der Waals surface area (Å²) in [5.74, 6) is 0.502. The average molecular weight is 440 g/mol. The number of sulfone groups is 1. The van der Waals surface area contributed by atoms with E-state index in [1.807, 2.05) is 6.92 Å². The van der Waals surface area contributed by atoms with Gasteiger partial charge in [0.1, 0.15) is 0 Å². The molecule has 2 heterocycles. The lowest BCUT2D eigenvalue weighted by atomic mass is 10.0. The van der Waals surface area contributed by atoms with E-state index in [9.17, 15) is 13.2 Å². The number of imidazole rings is 1. The third-order valence-electron chi connectivity index (χ3n) is 4.90. The van der Waals surface area contributed by atoms with E-state index in [4.69, 9.17) is 11.6 Å². The molecule has 0 saturated carbocycles. The highest BCUT2D eigenvalue weighted by Gasteiger charge is 2.18. The zero-order valence-electron chi connectivity index (χ0n) is 16.1. The van der Waals surface area contributed by atoms with Crippen LogP contribution in [-0.2, 0) is 16.3 Å². The first kappa shape index (κ1) is 20.3. The minimum Gasteiger partial charge on any atom is -0.294 e. The summed E-state index contributed by atoms with van der Waals surface area (Å²) in [7, 11) is -3.65. The summed E-state index contributed by atoms with van der Waals surface area (Å²) in [4.78, 5) is 21.0. The van der Waals surface area contributed by atoms with E-state index < -0.39 is 9.84 Å². The minimum absolute atomic E-state index is 0.0379. The van der Waals surface area contributed by atoms with Crippen LogP contribution in [0.4, 0.5) is 0 Å². The van der Waals surface area contributed by atoms with Crippen LogP contribution < -0.4 is 0 Å². The molecular weight excluding hydrogens is 422 g/mol. The van der Waals surface area contributed by atoms with Crippen molar-refractivity contribution in [2.45, 2.75) is 29.6 Å². The normalized spacial score (nSPS) is 11.7. The highest BCUT2D eigenvalue weighted by molar-refractivity contribution is 7.91. The van der Waals surface area contributed by atoms with Crippen LogP contribution in [0.3, 0.4) is 0 Å². The van der Waals surface area contributed by atoms with E-state index >= 15 is 0 Å². The second-order valence-corrected chi connectivity index (χ2v) is 9.32. The maximum absolute atomic E-state index is 12.8. The molecule has 4 rings (SSSR count). The highest BCUT2D eigenvalue weighted by atomic mass is 35.5. The third kappa shape index (κ3) is 3.99. The van der Waals surface area contributed by atoms with Gasteiger partial charge in [0.2, 0.25) is 15.6 Å². The number of nitrogens with zero attached hydrogens (tertiary/aromatic N) is 3. The van der Waals surface area contributed by atoms with Crippen molar-refractivity contribution in [3.8, 4) is 0 Å². The predicted molar refractivity (Wildman–Crippen MR) is 114 cm³/mol. The van der Waals surface area contributed by atoms with Crippen LogP contribution in [0.1, 0.15) is 27.9 Å². The summed E-state index contributed by atoms with van der Waals surface area (Å²) in [6, 6.07) is 11.3. The summed E-state index contributed by atoms with van der Waals surface area (Å²) in [6.45, 7) is 1.82. The molecular formula is C22H18ClN3O3S. The molecule has 6 nitrogen and oxygen atoms in total. The van der Waals surface area contributed by atoms with Crippen molar-refractivity contribution < 1.29 is 13.2 Å². The zero-order valence-corrected chi connectivity index (χ0v) is 17.7. The van der Waals surface area contributed by atoms with Gasteiger partial charge in [-0.2, -0.15) is 0 Å². The number of aryl methyl sites for hydroxylation is 2. The number of carbonyl (C=O) groups is 1. The molecule has 0 aliphatic heterocycles. The van der Waals surface area contributed by atoms with Gasteiger partial charge in [-0.25, -0.2) is 18.4 Å². The number of rotatable bonds is 6. The molecule has 0 radical (unpaired) electrons. The van der Waals surface area contributed by atoms with Gasteiger partial charge >= 0.3 is 0 Å². The number of Topliss-reactive ketones (excluding diaryl/α,β-unsaturated/α-hetero) is 1. The van der Waals surface area contributed by atoms with E-state index in [0.29, 0.717) is 29.2 Å². The van der Waals surface area contributed by atoms with Gasteiger partial charge in [-0.15, -0.1) is 0 Å². The van der Waals surface area contributed by atoms with Gasteiger partial charge in [0.15, 0.2) is 5.78 Å². The van der Waals surface area contributed by atoms with Crippen LogP contribution in [0.5, 0.6) is 0 Å². The molecule has 0 unspecified atom stereocenters. The number of ketones is 1. The zero-order chi connectivity index (χ0) is 21.3. The molecule has 0 fully saturated rings. The molecule has 0 spiro atoms. The average Bonchev–Trinajstić information content (AvgIpc) is 3.22. The number of hydrogen-bond donors (Lipinski definition) is 0. The molecule has 0 amide bonds. The first-order chi connectivity index (χ1) is 14.3. The number of fused-ring (bicyclic) bond motifs is 1. The largest absolute Gasteiger partial charge is 0.294 e. The molecule has 2 aromatic heterocycles. The number of benzene rings is 2. The van der Waals surface area contributed by atoms with Crippen LogP contribution in [0.25, 0.3) is 5.78 Å². The van der Waals surface area contributed by atoms with Crippen molar-refractivity contribution in [2.24, 2.45) is 0 Å². The van der Waals surface area contributed by atoms with Gasteiger partial charge < -0.3 is 0 Å².